The number of amides is 2. The molecule has 0 bridgehead atoms. The molecule has 4 nitrogen and oxygen atoms in total. The lowest BCUT2D eigenvalue weighted by Gasteiger charge is -2.22. The van der Waals surface area contributed by atoms with E-state index in [-0.39, 0.29) is 24.7 Å². The van der Waals surface area contributed by atoms with Gasteiger partial charge in [0.05, 0.1) is 5.69 Å². The molecule has 0 fully saturated rings. The van der Waals surface area contributed by atoms with E-state index in [0.29, 0.717) is 11.6 Å². The van der Waals surface area contributed by atoms with Gasteiger partial charge in [0, 0.05) is 31.6 Å². The zero-order valence-corrected chi connectivity index (χ0v) is 12.6. The van der Waals surface area contributed by atoms with Crippen molar-refractivity contribution in [2.45, 2.75) is 6.92 Å². The molecule has 1 N–H and O–H groups in total. The highest BCUT2D eigenvalue weighted by Gasteiger charge is 2.16. The van der Waals surface area contributed by atoms with Crippen molar-refractivity contribution in [1.82, 2.24) is 5.32 Å². The van der Waals surface area contributed by atoms with Crippen molar-refractivity contribution in [1.29, 1.82) is 0 Å². The summed E-state index contributed by atoms with van der Waals surface area (Å²) in [6.07, 6.45) is 0. The van der Waals surface area contributed by atoms with Crippen LogP contribution in [0.4, 0.5) is 14.5 Å². The van der Waals surface area contributed by atoms with Gasteiger partial charge in [-0.25, -0.2) is 8.78 Å². The van der Waals surface area contributed by atoms with Crippen LogP contribution in [0.3, 0.4) is 0 Å². The smallest absolute Gasteiger partial charge is 0.251 e. The Kier molecular flexibility index (Phi) is 5.41. The maximum Gasteiger partial charge on any atom is 0.251 e. The van der Waals surface area contributed by atoms with E-state index in [1.54, 1.807) is 30.3 Å². The van der Waals surface area contributed by atoms with E-state index in [4.69, 9.17) is 0 Å². The summed E-state index contributed by atoms with van der Waals surface area (Å²) in [4.78, 5) is 24.7. The molecule has 2 amide bonds. The van der Waals surface area contributed by atoms with Crippen molar-refractivity contribution in [3.8, 4) is 0 Å². The number of rotatable bonds is 5. The first-order chi connectivity index (χ1) is 11.0. The first-order valence-electron chi connectivity index (χ1n) is 7.05. The second kappa shape index (κ2) is 7.49. The van der Waals surface area contributed by atoms with Gasteiger partial charge in [0.1, 0.15) is 11.6 Å². The Morgan fingerprint density at radius 1 is 1.09 bits per heavy atom. The number of carbonyl (C=O) groups is 2. The molecule has 0 aliphatic rings. The Balaban J connectivity index is 2.01. The van der Waals surface area contributed by atoms with Crippen molar-refractivity contribution in [3.05, 3.63) is 65.7 Å². The van der Waals surface area contributed by atoms with Gasteiger partial charge in [-0.1, -0.05) is 18.2 Å². The first-order valence-corrected chi connectivity index (χ1v) is 7.05. The number of halogens is 2. The van der Waals surface area contributed by atoms with Gasteiger partial charge in [0.2, 0.25) is 5.91 Å². The lowest BCUT2D eigenvalue weighted by Crippen LogP contribution is -2.38. The number of nitrogens with one attached hydrogen (secondary N) is 1. The largest absolute Gasteiger partial charge is 0.350 e. The molecular formula is C17H16F2N2O2. The number of anilines is 1. The second-order valence-corrected chi connectivity index (χ2v) is 4.89. The van der Waals surface area contributed by atoms with Crippen LogP contribution in [0.2, 0.25) is 0 Å². The van der Waals surface area contributed by atoms with Gasteiger partial charge in [-0.15, -0.1) is 0 Å². The molecule has 2 aromatic carbocycles. The minimum atomic E-state index is -0.824. The molecule has 0 unspecified atom stereocenters. The van der Waals surface area contributed by atoms with E-state index in [9.17, 15) is 18.4 Å². The van der Waals surface area contributed by atoms with Gasteiger partial charge in [0.25, 0.3) is 5.91 Å². The van der Waals surface area contributed by atoms with E-state index < -0.39 is 17.5 Å². The average Bonchev–Trinajstić information content (AvgIpc) is 2.53. The van der Waals surface area contributed by atoms with Crippen molar-refractivity contribution < 1.29 is 18.4 Å². The maximum absolute atomic E-state index is 13.8. The normalized spacial score (nSPS) is 10.2. The van der Waals surface area contributed by atoms with E-state index in [2.05, 4.69) is 5.32 Å². The molecule has 6 heteroatoms. The van der Waals surface area contributed by atoms with Crippen molar-refractivity contribution in [2.24, 2.45) is 0 Å². The third-order valence-electron chi connectivity index (χ3n) is 3.24. The molecule has 2 aromatic rings. The summed E-state index contributed by atoms with van der Waals surface area (Å²) >= 11 is 0. The third-order valence-corrected chi connectivity index (χ3v) is 3.24. The molecule has 0 atom stereocenters. The van der Waals surface area contributed by atoms with Crippen LogP contribution in [0.15, 0.2) is 48.5 Å². The molecule has 0 saturated heterocycles. The van der Waals surface area contributed by atoms with Crippen LogP contribution in [0, 0.1) is 11.6 Å². The van der Waals surface area contributed by atoms with Gasteiger partial charge in [-0.2, -0.15) is 0 Å². The van der Waals surface area contributed by atoms with Gasteiger partial charge >= 0.3 is 0 Å². The van der Waals surface area contributed by atoms with Crippen LogP contribution in [-0.2, 0) is 4.79 Å². The monoisotopic (exact) mass is 318 g/mol. The molecule has 0 aliphatic carbocycles. The van der Waals surface area contributed by atoms with E-state index in [1.807, 2.05) is 0 Å². The highest BCUT2D eigenvalue weighted by atomic mass is 19.1. The lowest BCUT2D eigenvalue weighted by molar-refractivity contribution is -0.116. The molecule has 0 saturated carbocycles. The summed E-state index contributed by atoms with van der Waals surface area (Å²) < 4.78 is 26.7. The van der Waals surface area contributed by atoms with Crippen molar-refractivity contribution in [2.75, 3.05) is 18.0 Å². The molecule has 0 heterocycles. The minimum absolute atomic E-state index is 0.0205. The van der Waals surface area contributed by atoms with Crippen LogP contribution in [-0.4, -0.2) is 24.9 Å². The van der Waals surface area contributed by atoms with E-state index in [1.165, 1.54) is 13.0 Å². The molecule has 0 aromatic heterocycles. The molecule has 2 rings (SSSR count). The van der Waals surface area contributed by atoms with Gasteiger partial charge in [0.15, 0.2) is 0 Å². The Morgan fingerprint density at radius 2 is 1.78 bits per heavy atom. The molecule has 0 aliphatic heterocycles. The SMILES string of the molecule is CC(=O)N(CCNC(=O)c1ccccc1)c1ccc(F)cc1F. The van der Waals surface area contributed by atoms with Crippen molar-refractivity contribution >= 4 is 17.5 Å². The van der Waals surface area contributed by atoms with Crippen LogP contribution in [0.25, 0.3) is 0 Å². The molecule has 0 spiro atoms. The van der Waals surface area contributed by atoms with Crippen LogP contribution >= 0.6 is 0 Å². The lowest BCUT2D eigenvalue weighted by atomic mass is 10.2. The minimum Gasteiger partial charge on any atom is -0.350 e. The Hall–Kier alpha value is -2.76. The average molecular weight is 318 g/mol. The maximum atomic E-state index is 13.8. The fourth-order valence-corrected chi connectivity index (χ4v) is 2.12. The van der Waals surface area contributed by atoms with Gasteiger partial charge < -0.3 is 10.2 Å². The highest BCUT2D eigenvalue weighted by molar-refractivity contribution is 5.94. The number of nitrogens with zero attached hydrogens (tertiary/aromatic N) is 1. The number of hydrogen-bond donors (Lipinski definition) is 1. The zero-order chi connectivity index (χ0) is 16.8. The highest BCUT2D eigenvalue weighted by Crippen LogP contribution is 2.20. The van der Waals surface area contributed by atoms with Crippen LogP contribution < -0.4 is 10.2 Å². The topological polar surface area (TPSA) is 49.4 Å². The fourth-order valence-electron chi connectivity index (χ4n) is 2.12. The summed E-state index contributed by atoms with van der Waals surface area (Å²) in [5, 5.41) is 2.66. The summed E-state index contributed by atoms with van der Waals surface area (Å²) in [5.41, 5.74) is 0.475. The Bertz CT molecular complexity index is 705. The first kappa shape index (κ1) is 16.6. The summed E-state index contributed by atoms with van der Waals surface area (Å²) in [6, 6.07) is 11.6. The van der Waals surface area contributed by atoms with Gasteiger partial charge in [-0.3, -0.25) is 9.59 Å². The number of carbonyl (C=O) groups excluding carboxylic acids is 2. The Labute approximate surface area is 132 Å². The zero-order valence-electron chi connectivity index (χ0n) is 12.6. The summed E-state index contributed by atoms with van der Waals surface area (Å²) in [5.74, 6) is -2.22. The van der Waals surface area contributed by atoms with E-state index >= 15 is 0 Å². The van der Waals surface area contributed by atoms with Gasteiger partial charge in [-0.05, 0) is 24.3 Å². The van der Waals surface area contributed by atoms with Crippen LogP contribution in [0.1, 0.15) is 17.3 Å². The predicted octanol–water partition coefficient (Wildman–Crippen LogP) is 2.75. The van der Waals surface area contributed by atoms with Crippen LogP contribution in [0.5, 0.6) is 0 Å². The molecule has 23 heavy (non-hydrogen) atoms. The molecule has 0 radical (unpaired) electrons. The number of benzene rings is 2. The summed E-state index contributed by atoms with van der Waals surface area (Å²) in [6.45, 7) is 1.50. The van der Waals surface area contributed by atoms with Crippen molar-refractivity contribution in [3.63, 3.8) is 0 Å². The quantitative estimate of drug-likeness (QED) is 0.921. The second-order valence-electron chi connectivity index (χ2n) is 4.89. The Morgan fingerprint density at radius 3 is 2.39 bits per heavy atom. The fraction of sp³-hybridized carbons (Fsp3) is 0.176. The van der Waals surface area contributed by atoms with E-state index in [0.717, 1.165) is 11.0 Å². The molecular weight excluding hydrogens is 302 g/mol. The molecule has 120 valence electrons. The third kappa shape index (κ3) is 4.35. The predicted molar refractivity (Wildman–Crippen MR) is 83.2 cm³/mol. The number of hydrogen-bond acceptors (Lipinski definition) is 2. The summed E-state index contributed by atoms with van der Waals surface area (Å²) in [7, 11) is 0. The standard InChI is InChI=1S/C17H16F2N2O2/c1-12(22)21(16-8-7-14(18)11-15(16)19)10-9-20-17(23)13-5-3-2-4-6-13/h2-8,11H,9-10H2,1H3,(H,20,23).